The molecule has 0 aliphatic heterocycles. The lowest BCUT2D eigenvalue weighted by Gasteiger charge is -2.05. The first-order valence-electron chi connectivity index (χ1n) is 6.79. The van der Waals surface area contributed by atoms with Gasteiger partial charge < -0.3 is 10.4 Å². The van der Waals surface area contributed by atoms with Crippen molar-refractivity contribution in [2.45, 2.75) is 19.8 Å². The van der Waals surface area contributed by atoms with E-state index in [1.807, 2.05) is 0 Å². The number of hydrogen-bond acceptors (Lipinski definition) is 3. The number of amides is 1. The minimum atomic E-state index is -0.898. The van der Waals surface area contributed by atoms with Gasteiger partial charge in [0.05, 0.1) is 5.69 Å². The van der Waals surface area contributed by atoms with Crippen LogP contribution >= 0.6 is 0 Å². The molecular weight excluding hydrogens is 289 g/mol. The van der Waals surface area contributed by atoms with Crippen LogP contribution in [0.15, 0.2) is 30.5 Å². The fraction of sp³-hybridized carbons (Fsp3) is 0.267. The van der Waals surface area contributed by atoms with Crippen molar-refractivity contribution in [1.82, 2.24) is 15.1 Å². The summed E-state index contributed by atoms with van der Waals surface area (Å²) in [5, 5.41) is 15.3. The standard InChI is InChI=1S/C15H16FN3O3/c1-10-9-11(16)4-5-13(10)19-8-6-12(18-19)15(22)17-7-2-3-14(20)21/h4-6,8-9H,2-3,7H2,1H3,(H,17,22)(H,20,21). The predicted molar refractivity (Wildman–Crippen MR) is 77.5 cm³/mol. The van der Waals surface area contributed by atoms with Crippen molar-refractivity contribution in [3.63, 3.8) is 0 Å². The minimum absolute atomic E-state index is 0.00347. The molecule has 0 radical (unpaired) electrons. The Labute approximate surface area is 126 Å². The molecule has 0 bridgehead atoms. The van der Waals surface area contributed by atoms with Gasteiger partial charge in [-0.1, -0.05) is 0 Å². The normalized spacial score (nSPS) is 10.5. The van der Waals surface area contributed by atoms with Gasteiger partial charge in [-0.2, -0.15) is 5.10 Å². The molecule has 0 saturated carbocycles. The number of hydrogen-bond donors (Lipinski definition) is 2. The number of aliphatic carboxylic acids is 1. The molecule has 6 nitrogen and oxygen atoms in total. The van der Waals surface area contributed by atoms with Crippen molar-refractivity contribution < 1.29 is 19.1 Å². The van der Waals surface area contributed by atoms with E-state index >= 15 is 0 Å². The molecule has 22 heavy (non-hydrogen) atoms. The first-order valence-corrected chi connectivity index (χ1v) is 6.79. The second-order valence-electron chi connectivity index (χ2n) is 4.83. The van der Waals surface area contributed by atoms with Gasteiger partial charge in [0.1, 0.15) is 5.82 Å². The Morgan fingerprint density at radius 2 is 2.14 bits per heavy atom. The number of halogens is 1. The van der Waals surface area contributed by atoms with Gasteiger partial charge in [0.25, 0.3) is 5.91 Å². The van der Waals surface area contributed by atoms with Gasteiger partial charge in [0.15, 0.2) is 5.69 Å². The van der Waals surface area contributed by atoms with Crippen LogP contribution in [-0.2, 0) is 4.79 Å². The number of carbonyl (C=O) groups is 2. The molecule has 1 heterocycles. The van der Waals surface area contributed by atoms with Crippen molar-refractivity contribution in [2.24, 2.45) is 0 Å². The maximum atomic E-state index is 13.1. The van der Waals surface area contributed by atoms with Crippen LogP contribution in [0.3, 0.4) is 0 Å². The average Bonchev–Trinajstić information content (AvgIpc) is 2.92. The van der Waals surface area contributed by atoms with E-state index in [0.29, 0.717) is 17.7 Å². The molecule has 0 fully saturated rings. The van der Waals surface area contributed by atoms with Gasteiger partial charge in [0.2, 0.25) is 0 Å². The highest BCUT2D eigenvalue weighted by atomic mass is 19.1. The van der Waals surface area contributed by atoms with E-state index in [0.717, 1.165) is 0 Å². The van der Waals surface area contributed by atoms with Crippen molar-refractivity contribution in [1.29, 1.82) is 0 Å². The lowest BCUT2D eigenvalue weighted by molar-refractivity contribution is -0.137. The van der Waals surface area contributed by atoms with Crippen molar-refractivity contribution in [2.75, 3.05) is 6.54 Å². The molecule has 1 aromatic heterocycles. The van der Waals surface area contributed by atoms with Crippen molar-refractivity contribution in [3.8, 4) is 5.69 Å². The lowest BCUT2D eigenvalue weighted by atomic mass is 10.2. The number of rotatable bonds is 6. The number of aromatic nitrogens is 2. The Kier molecular flexibility index (Phi) is 4.88. The van der Waals surface area contributed by atoms with Gasteiger partial charge in [-0.15, -0.1) is 0 Å². The molecular formula is C15H16FN3O3. The summed E-state index contributed by atoms with van der Waals surface area (Å²) in [4.78, 5) is 22.3. The average molecular weight is 305 g/mol. The third kappa shape index (κ3) is 3.91. The minimum Gasteiger partial charge on any atom is -0.481 e. The molecule has 0 saturated heterocycles. The van der Waals surface area contributed by atoms with Gasteiger partial charge in [0, 0.05) is 19.2 Å². The maximum absolute atomic E-state index is 13.1. The molecule has 2 N–H and O–H groups in total. The molecule has 2 aromatic rings. The first kappa shape index (κ1) is 15.7. The fourth-order valence-electron chi connectivity index (χ4n) is 1.99. The second-order valence-corrected chi connectivity index (χ2v) is 4.83. The highest BCUT2D eigenvalue weighted by Crippen LogP contribution is 2.14. The summed E-state index contributed by atoms with van der Waals surface area (Å²) in [6.07, 6.45) is 1.98. The summed E-state index contributed by atoms with van der Waals surface area (Å²) in [5.41, 5.74) is 1.61. The van der Waals surface area contributed by atoms with Crippen LogP contribution < -0.4 is 5.32 Å². The Bertz CT molecular complexity index is 697. The van der Waals surface area contributed by atoms with E-state index in [9.17, 15) is 14.0 Å². The Hall–Kier alpha value is -2.70. The molecule has 0 unspecified atom stereocenters. The first-order chi connectivity index (χ1) is 10.5. The monoisotopic (exact) mass is 305 g/mol. The zero-order chi connectivity index (χ0) is 16.1. The zero-order valence-corrected chi connectivity index (χ0v) is 12.0. The van der Waals surface area contributed by atoms with Crippen LogP contribution in [0.2, 0.25) is 0 Å². The topological polar surface area (TPSA) is 84.2 Å². The highest BCUT2D eigenvalue weighted by molar-refractivity contribution is 5.92. The fourth-order valence-corrected chi connectivity index (χ4v) is 1.99. The van der Waals surface area contributed by atoms with Crippen LogP contribution in [0.5, 0.6) is 0 Å². The SMILES string of the molecule is Cc1cc(F)ccc1-n1ccc(C(=O)NCCCC(=O)O)n1. The third-order valence-electron chi connectivity index (χ3n) is 3.08. The summed E-state index contributed by atoms with van der Waals surface area (Å²) < 4.78 is 14.6. The van der Waals surface area contributed by atoms with Gasteiger partial charge in [-0.25, -0.2) is 9.07 Å². The number of carboxylic acids is 1. The second kappa shape index (κ2) is 6.84. The van der Waals surface area contributed by atoms with Crippen LogP contribution in [-0.4, -0.2) is 33.3 Å². The van der Waals surface area contributed by atoms with E-state index in [2.05, 4.69) is 10.4 Å². The van der Waals surface area contributed by atoms with Crippen LogP contribution in [0.4, 0.5) is 4.39 Å². The van der Waals surface area contributed by atoms with Crippen molar-refractivity contribution >= 4 is 11.9 Å². The summed E-state index contributed by atoms with van der Waals surface area (Å²) >= 11 is 0. The van der Waals surface area contributed by atoms with E-state index < -0.39 is 5.97 Å². The van der Waals surface area contributed by atoms with Gasteiger partial charge in [-0.3, -0.25) is 9.59 Å². The molecule has 7 heteroatoms. The number of carbonyl (C=O) groups excluding carboxylic acids is 1. The van der Waals surface area contributed by atoms with Crippen molar-refractivity contribution in [3.05, 3.63) is 47.5 Å². The number of carboxylic acid groups (broad SMARTS) is 1. The van der Waals surface area contributed by atoms with Gasteiger partial charge in [-0.05, 0) is 43.2 Å². The predicted octanol–water partition coefficient (Wildman–Crippen LogP) is 1.91. The molecule has 2 rings (SSSR count). The Balaban J connectivity index is 2.01. The van der Waals surface area contributed by atoms with Crippen LogP contribution in [0, 0.1) is 12.7 Å². The van der Waals surface area contributed by atoms with Crippen LogP contribution in [0.25, 0.3) is 5.69 Å². The Morgan fingerprint density at radius 3 is 2.82 bits per heavy atom. The van der Waals surface area contributed by atoms with E-state index in [4.69, 9.17) is 5.11 Å². The largest absolute Gasteiger partial charge is 0.481 e. The zero-order valence-electron chi connectivity index (χ0n) is 12.0. The third-order valence-corrected chi connectivity index (χ3v) is 3.08. The molecule has 0 aliphatic carbocycles. The maximum Gasteiger partial charge on any atom is 0.303 e. The molecule has 1 amide bonds. The molecule has 0 aliphatic rings. The summed E-state index contributed by atoms with van der Waals surface area (Å²) in [6.45, 7) is 2.03. The lowest BCUT2D eigenvalue weighted by Crippen LogP contribution is -2.25. The summed E-state index contributed by atoms with van der Waals surface area (Å²) in [5.74, 6) is -1.60. The van der Waals surface area contributed by atoms with E-state index in [-0.39, 0.29) is 30.4 Å². The van der Waals surface area contributed by atoms with Gasteiger partial charge >= 0.3 is 5.97 Å². The Morgan fingerprint density at radius 1 is 1.36 bits per heavy atom. The molecule has 0 spiro atoms. The number of nitrogens with one attached hydrogen (secondary N) is 1. The number of benzene rings is 1. The molecule has 116 valence electrons. The molecule has 1 aromatic carbocycles. The summed E-state index contributed by atoms with van der Waals surface area (Å²) in [6, 6.07) is 5.86. The summed E-state index contributed by atoms with van der Waals surface area (Å²) in [7, 11) is 0. The number of aryl methyl sites for hydroxylation is 1. The molecule has 0 atom stereocenters. The van der Waals surface area contributed by atoms with E-state index in [1.54, 1.807) is 25.3 Å². The quantitative estimate of drug-likeness (QED) is 0.799. The smallest absolute Gasteiger partial charge is 0.303 e. The van der Waals surface area contributed by atoms with E-state index in [1.165, 1.54) is 16.8 Å². The van der Waals surface area contributed by atoms with Crippen LogP contribution in [0.1, 0.15) is 28.9 Å². The highest BCUT2D eigenvalue weighted by Gasteiger charge is 2.11. The number of nitrogens with zero attached hydrogens (tertiary/aromatic N) is 2.